The number of carbonyl (C=O) groups is 1. The molecule has 1 aliphatic rings. The first-order valence-corrected chi connectivity index (χ1v) is 10.1. The fraction of sp³-hybridized carbons (Fsp3) is 0.316. The number of anilines is 1. The SMILES string of the molecule is CNC(=O)CC1=Cc2nn(Cc3ncc(F)c(OC)c3C)c3nc(N)nc(c23)SC1. The standard InChI is InChI=1S/C19H20FN7O2S/c1-9-13(23-6-11(20)16(9)29-3)7-27-17-15-12(26-27)4-10(5-14(28)22-2)8-30-18(15)25-19(21)24-17/h4,6H,5,7-8H2,1-3H3,(H,22,28)(H2,21,24,25). The van der Waals surface area contributed by atoms with Gasteiger partial charge in [-0.25, -0.2) is 14.1 Å². The van der Waals surface area contributed by atoms with Crippen molar-refractivity contribution in [2.24, 2.45) is 0 Å². The Balaban J connectivity index is 1.82. The molecule has 156 valence electrons. The van der Waals surface area contributed by atoms with Crippen LogP contribution in [0.15, 0.2) is 16.8 Å². The summed E-state index contributed by atoms with van der Waals surface area (Å²) in [7, 11) is 3.02. The number of methoxy groups -OCH3 is 1. The van der Waals surface area contributed by atoms with E-state index < -0.39 is 5.82 Å². The number of halogens is 1. The predicted octanol–water partition coefficient (Wildman–Crippen LogP) is 1.93. The highest BCUT2D eigenvalue weighted by molar-refractivity contribution is 7.99. The lowest BCUT2D eigenvalue weighted by atomic mass is 10.1. The molecule has 3 aromatic rings. The lowest BCUT2D eigenvalue weighted by Gasteiger charge is -2.11. The number of carbonyl (C=O) groups excluding carboxylic acids is 1. The number of nitrogen functional groups attached to an aromatic ring is 1. The molecule has 3 aromatic heterocycles. The van der Waals surface area contributed by atoms with Crippen LogP contribution in [0, 0.1) is 12.7 Å². The summed E-state index contributed by atoms with van der Waals surface area (Å²) in [6.07, 6.45) is 3.29. The van der Waals surface area contributed by atoms with Crippen LogP contribution in [-0.2, 0) is 11.3 Å². The smallest absolute Gasteiger partial charge is 0.223 e. The van der Waals surface area contributed by atoms with Crippen LogP contribution in [0.1, 0.15) is 23.4 Å². The van der Waals surface area contributed by atoms with E-state index in [1.54, 1.807) is 18.7 Å². The lowest BCUT2D eigenvalue weighted by Crippen LogP contribution is -2.18. The maximum absolute atomic E-state index is 13.9. The number of rotatable bonds is 5. The molecule has 1 amide bonds. The van der Waals surface area contributed by atoms with E-state index in [0.717, 1.165) is 17.2 Å². The van der Waals surface area contributed by atoms with Crippen molar-refractivity contribution >= 4 is 40.7 Å². The minimum atomic E-state index is -0.522. The molecule has 0 fully saturated rings. The van der Waals surface area contributed by atoms with Crippen molar-refractivity contribution in [3.05, 3.63) is 34.5 Å². The molecule has 0 saturated carbocycles. The first-order chi connectivity index (χ1) is 14.4. The summed E-state index contributed by atoms with van der Waals surface area (Å²) in [4.78, 5) is 24.8. The van der Waals surface area contributed by atoms with Crippen molar-refractivity contribution < 1.29 is 13.9 Å². The van der Waals surface area contributed by atoms with Crippen LogP contribution in [0.25, 0.3) is 17.1 Å². The summed E-state index contributed by atoms with van der Waals surface area (Å²) < 4.78 is 20.7. The molecule has 0 saturated heterocycles. The van der Waals surface area contributed by atoms with Gasteiger partial charge in [-0.05, 0) is 18.6 Å². The number of amides is 1. The number of hydrogen-bond donors (Lipinski definition) is 2. The Morgan fingerprint density at radius 1 is 1.43 bits per heavy atom. The zero-order chi connectivity index (χ0) is 21.4. The van der Waals surface area contributed by atoms with Gasteiger partial charge in [0.15, 0.2) is 17.2 Å². The molecule has 4 rings (SSSR count). The Kier molecular flexibility index (Phi) is 5.29. The first kappa shape index (κ1) is 20.1. The van der Waals surface area contributed by atoms with Gasteiger partial charge >= 0.3 is 0 Å². The number of hydrogen-bond acceptors (Lipinski definition) is 8. The van der Waals surface area contributed by atoms with E-state index in [9.17, 15) is 9.18 Å². The maximum atomic E-state index is 13.9. The van der Waals surface area contributed by atoms with E-state index in [2.05, 4.69) is 25.4 Å². The van der Waals surface area contributed by atoms with Crippen LogP contribution < -0.4 is 15.8 Å². The molecular weight excluding hydrogens is 409 g/mol. The van der Waals surface area contributed by atoms with E-state index in [1.165, 1.54) is 18.9 Å². The molecule has 0 atom stereocenters. The number of thioether (sulfide) groups is 1. The number of aromatic nitrogens is 5. The van der Waals surface area contributed by atoms with Gasteiger partial charge in [-0.1, -0.05) is 0 Å². The fourth-order valence-electron chi connectivity index (χ4n) is 3.34. The van der Waals surface area contributed by atoms with Gasteiger partial charge in [-0.15, -0.1) is 11.8 Å². The molecular formula is C19H20FN7O2S. The van der Waals surface area contributed by atoms with Crippen molar-refractivity contribution in [1.82, 2.24) is 30.0 Å². The van der Waals surface area contributed by atoms with Crippen molar-refractivity contribution in [3.63, 3.8) is 0 Å². The van der Waals surface area contributed by atoms with Gasteiger partial charge in [0.05, 0.1) is 36.6 Å². The molecule has 1 aliphatic heterocycles. The average Bonchev–Trinajstić information content (AvgIpc) is 2.95. The summed E-state index contributed by atoms with van der Waals surface area (Å²) in [5, 5.41) is 8.80. The third-order valence-electron chi connectivity index (χ3n) is 4.83. The Labute approximate surface area is 175 Å². The number of nitrogens with two attached hydrogens (primary N) is 1. The molecule has 30 heavy (non-hydrogen) atoms. The second-order valence-electron chi connectivity index (χ2n) is 6.78. The summed E-state index contributed by atoms with van der Waals surface area (Å²) in [5.74, 6) is 0.286. The van der Waals surface area contributed by atoms with Gasteiger partial charge < -0.3 is 15.8 Å². The Hall–Kier alpha value is -3.21. The lowest BCUT2D eigenvalue weighted by molar-refractivity contribution is -0.119. The summed E-state index contributed by atoms with van der Waals surface area (Å²) in [5.41, 5.74) is 9.26. The van der Waals surface area contributed by atoms with Crippen LogP contribution in [-0.4, -0.2) is 50.5 Å². The van der Waals surface area contributed by atoms with E-state index in [1.807, 2.05) is 6.08 Å². The van der Waals surface area contributed by atoms with E-state index in [4.69, 9.17) is 10.5 Å². The van der Waals surface area contributed by atoms with Gasteiger partial charge in [0.2, 0.25) is 11.9 Å². The predicted molar refractivity (Wildman–Crippen MR) is 112 cm³/mol. The van der Waals surface area contributed by atoms with Crippen molar-refractivity contribution in [1.29, 1.82) is 0 Å². The Bertz CT molecular complexity index is 1190. The topological polar surface area (TPSA) is 121 Å². The number of nitrogens with zero attached hydrogens (tertiary/aromatic N) is 5. The summed E-state index contributed by atoms with van der Waals surface area (Å²) >= 11 is 1.49. The zero-order valence-electron chi connectivity index (χ0n) is 16.7. The van der Waals surface area contributed by atoms with Crippen LogP contribution in [0.3, 0.4) is 0 Å². The second-order valence-corrected chi connectivity index (χ2v) is 7.74. The Morgan fingerprint density at radius 3 is 2.97 bits per heavy atom. The molecule has 9 nitrogen and oxygen atoms in total. The molecule has 0 aromatic carbocycles. The number of nitrogens with one attached hydrogen (secondary N) is 1. The number of ether oxygens (including phenoxy) is 1. The molecule has 0 spiro atoms. The zero-order valence-corrected chi connectivity index (χ0v) is 17.5. The number of pyridine rings is 1. The van der Waals surface area contributed by atoms with Gasteiger partial charge in [0, 0.05) is 24.8 Å². The van der Waals surface area contributed by atoms with Crippen molar-refractivity contribution in [2.45, 2.75) is 24.9 Å². The third kappa shape index (κ3) is 3.56. The maximum Gasteiger partial charge on any atom is 0.223 e. The summed E-state index contributed by atoms with van der Waals surface area (Å²) in [6.45, 7) is 1.99. The minimum Gasteiger partial charge on any atom is -0.493 e. The van der Waals surface area contributed by atoms with E-state index in [-0.39, 0.29) is 30.6 Å². The van der Waals surface area contributed by atoms with E-state index in [0.29, 0.717) is 33.4 Å². The normalized spacial score (nSPS) is 13.1. The minimum absolute atomic E-state index is 0.0766. The largest absolute Gasteiger partial charge is 0.493 e. The van der Waals surface area contributed by atoms with E-state index >= 15 is 0 Å². The van der Waals surface area contributed by atoms with Gasteiger partial charge in [-0.3, -0.25) is 9.78 Å². The monoisotopic (exact) mass is 429 g/mol. The first-order valence-electron chi connectivity index (χ1n) is 9.16. The third-order valence-corrected chi connectivity index (χ3v) is 5.92. The van der Waals surface area contributed by atoms with Crippen molar-refractivity contribution in [2.75, 3.05) is 25.6 Å². The van der Waals surface area contributed by atoms with Crippen LogP contribution in [0.2, 0.25) is 0 Å². The van der Waals surface area contributed by atoms with Crippen LogP contribution >= 0.6 is 11.8 Å². The van der Waals surface area contributed by atoms with Crippen LogP contribution in [0.5, 0.6) is 5.75 Å². The van der Waals surface area contributed by atoms with Gasteiger partial charge in [0.25, 0.3) is 0 Å². The molecule has 3 N–H and O–H groups in total. The highest BCUT2D eigenvalue weighted by Crippen LogP contribution is 2.35. The quantitative estimate of drug-likeness (QED) is 0.590. The Morgan fingerprint density at radius 2 is 2.23 bits per heavy atom. The highest BCUT2D eigenvalue weighted by atomic mass is 32.2. The molecule has 0 aliphatic carbocycles. The molecule has 0 radical (unpaired) electrons. The van der Waals surface area contributed by atoms with Gasteiger partial charge in [-0.2, -0.15) is 10.1 Å². The average molecular weight is 429 g/mol. The van der Waals surface area contributed by atoms with Crippen LogP contribution in [0.4, 0.5) is 10.3 Å². The van der Waals surface area contributed by atoms with Crippen molar-refractivity contribution in [3.8, 4) is 5.75 Å². The molecule has 4 heterocycles. The molecule has 0 bridgehead atoms. The van der Waals surface area contributed by atoms with Gasteiger partial charge in [0.1, 0.15) is 5.03 Å². The summed E-state index contributed by atoms with van der Waals surface area (Å²) in [6, 6.07) is 0. The molecule has 11 heteroatoms. The fourth-order valence-corrected chi connectivity index (χ4v) is 4.35. The molecule has 0 unspecified atom stereocenters. The second kappa shape index (κ2) is 7.90. The highest BCUT2D eigenvalue weighted by Gasteiger charge is 2.23.